The molecule has 0 spiro atoms. The van der Waals surface area contributed by atoms with Crippen LogP contribution in [-0.2, 0) is 0 Å². The Kier molecular flexibility index (Phi) is 2.36. The second kappa shape index (κ2) is 3.69. The van der Waals surface area contributed by atoms with E-state index < -0.39 is 5.97 Å². The normalized spacial score (nSPS) is 10.3. The van der Waals surface area contributed by atoms with E-state index in [1.54, 1.807) is 23.1 Å². The summed E-state index contributed by atoms with van der Waals surface area (Å²) in [5.41, 5.74) is 1.44. The van der Waals surface area contributed by atoms with Crippen LogP contribution in [0.25, 0.3) is 5.69 Å². The summed E-state index contributed by atoms with van der Waals surface area (Å²) in [6.07, 6.45) is 3.45. The van der Waals surface area contributed by atoms with Gasteiger partial charge >= 0.3 is 5.97 Å². The minimum absolute atomic E-state index is 0.134. The maximum atomic E-state index is 10.8. The third kappa shape index (κ3) is 1.75. The van der Waals surface area contributed by atoms with Gasteiger partial charge in [0.25, 0.3) is 0 Å². The summed E-state index contributed by atoms with van der Waals surface area (Å²) >= 11 is 0. The number of aromatic nitrogens is 2. The molecule has 1 heterocycles. The average Bonchev–Trinajstić information content (AvgIpc) is 2.65. The second-order valence-electron chi connectivity index (χ2n) is 3.47. The van der Waals surface area contributed by atoms with Crippen LogP contribution in [0.15, 0.2) is 30.6 Å². The van der Waals surface area contributed by atoms with Crippen molar-refractivity contribution in [2.45, 2.75) is 6.92 Å². The Balaban J connectivity index is 2.51. The van der Waals surface area contributed by atoms with Crippen LogP contribution >= 0.6 is 0 Å². The van der Waals surface area contributed by atoms with E-state index in [2.05, 4.69) is 5.10 Å². The van der Waals surface area contributed by atoms with Gasteiger partial charge in [0.15, 0.2) is 0 Å². The molecule has 0 saturated carbocycles. The molecule has 16 heavy (non-hydrogen) atoms. The van der Waals surface area contributed by atoms with Crippen molar-refractivity contribution in [2.75, 3.05) is 0 Å². The average molecular weight is 218 g/mol. The topological polar surface area (TPSA) is 75.3 Å². The summed E-state index contributed by atoms with van der Waals surface area (Å²) in [5.74, 6) is -1.41. The van der Waals surface area contributed by atoms with Crippen LogP contribution in [-0.4, -0.2) is 26.0 Å². The van der Waals surface area contributed by atoms with Crippen molar-refractivity contribution >= 4 is 5.97 Å². The van der Waals surface area contributed by atoms with Gasteiger partial charge in [-0.05, 0) is 30.7 Å². The van der Waals surface area contributed by atoms with Gasteiger partial charge in [-0.3, -0.25) is 0 Å². The Hall–Kier alpha value is -2.30. The van der Waals surface area contributed by atoms with E-state index >= 15 is 0 Å². The fourth-order valence-corrected chi connectivity index (χ4v) is 1.39. The maximum Gasteiger partial charge on any atom is 0.339 e. The van der Waals surface area contributed by atoms with Gasteiger partial charge in [0.05, 0.1) is 11.9 Å². The molecule has 0 saturated heterocycles. The first-order valence-corrected chi connectivity index (χ1v) is 4.66. The molecule has 0 atom stereocenters. The first-order chi connectivity index (χ1) is 7.58. The van der Waals surface area contributed by atoms with Crippen LogP contribution in [0.1, 0.15) is 15.9 Å². The van der Waals surface area contributed by atoms with E-state index in [0.29, 0.717) is 5.69 Å². The standard InChI is InChI=1S/C11H10N2O3/c1-7-5-12-13(6-7)8-2-3-10(14)9(4-8)11(15)16/h2-6,14H,1H3,(H,15,16). The number of hydrogen-bond acceptors (Lipinski definition) is 3. The molecule has 2 N–H and O–H groups in total. The molecule has 1 aromatic carbocycles. The molecule has 0 aliphatic heterocycles. The zero-order valence-corrected chi connectivity index (χ0v) is 8.58. The van der Waals surface area contributed by atoms with E-state index in [-0.39, 0.29) is 11.3 Å². The monoisotopic (exact) mass is 218 g/mol. The number of rotatable bonds is 2. The number of phenols is 1. The van der Waals surface area contributed by atoms with Crippen molar-refractivity contribution < 1.29 is 15.0 Å². The third-order valence-electron chi connectivity index (χ3n) is 2.19. The number of aromatic hydroxyl groups is 1. The van der Waals surface area contributed by atoms with Crippen molar-refractivity contribution in [1.29, 1.82) is 0 Å². The van der Waals surface area contributed by atoms with Gasteiger partial charge in [-0.1, -0.05) is 0 Å². The van der Waals surface area contributed by atoms with Crippen LogP contribution < -0.4 is 0 Å². The number of nitrogens with zero attached hydrogens (tertiary/aromatic N) is 2. The number of carboxylic acid groups (broad SMARTS) is 1. The van der Waals surface area contributed by atoms with Gasteiger partial charge in [0.1, 0.15) is 11.3 Å². The first-order valence-electron chi connectivity index (χ1n) is 4.66. The van der Waals surface area contributed by atoms with Crippen molar-refractivity contribution in [3.63, 3.8) is 0 Å². The molecular formula is C11H10N2O3. The van der Waals surface area contributed by atoms with Crippen LogP contribution in [0.5, 0.6) is 5.75 Å². The highest BCUT2D eigenvalue weighted by Gasteiger charge is 2.11. The summed E-state index contributed by atoms with van der Waals surface area (Å²) in [4.78, 5) is 10.8. The lowest BCUT2D eigenvalue weighted by atomic mass is 10.2. The van der Waals surface area contributed by atoms with Crippen molar-refractivity contribution in [3.8, 4) is 11.4 Å². The number of aromatic carboxylic acids is 1. The Bertz CT molecular complexity index is 546. The number of hydrogen-bond donors (Lipinski definition) is 2. The maximum absolute atomic E-state index is 10.8. The molecule has 82 valence electrons. The van der Waals surface area contributed by atoms with Crippen LogP contribution in [0, 0.1) is 6.92 Å². The van der Waals surface area contributed by atoms with E-state index in [1.165, 1.54) is 12.1 Å². The number of benzene rings is 1. The highest BCUT2D eigenvalue weighted by Crippen LogP contribution is 2.20. The van der Waals surface area contributed by atoms with E-state index in [4.69, 9.17) is 5.11 Å². The molecule has 0 fully saturated rings. The van der Waals surface area contributed by atoms with E-state index in [0.717, 1.165) is 5.56 Å². The lowest BCUT2D eigenvalue weighted by molar-refractivity contribution is 0.0693. The van der Waals surface area contributed by atoms with Gasteiger partial charge in [-0.2, -0.15) is 5.10 Å². The molecule has 2 aromatic rings. The van der Waals surface area contributed by atoms with Crippen LogP contribution in [0.2, 0.25) is 0 Å². The Morgan fingerprint density at radius 3 is 2.75 bits per heavy atom. The quantitative estimate of drug-likeness (QED) is 0.802. The molecular weight excluding hydrogens is 208 g/mol. The predicted molar refractivity (Wildman–Crippen MR) is 56.9 cm³/mol. The second-order valence-corrected chi connectivity index (χ2v) is 3.47. The van der Waals surface area contributed by atoms with E-state index in [1.807, 2.05) is 6.92 Å². The number of carbonyl (C=O) groups is 1. The molecule has 1 aromatic heterocycles. The van der Waals surface area contributed by atoms with Gasteiger partial charge in [0.2, 0.25) is 0 Å². The Morgan fingerprint density at radius 2 is 2.19 bits per heavy atom. The summed E-state index contributed by atoms with van der Waals surface area (Å²) in [6.45, 7) is 1.89. The SMILES string of the molecule is Cc1cnn(-c2ccc(O)c(C(=O)O)c2)c1. The molecule has 5 heteroatoms. The highest BCUT2D eigenvalue weighted by atomic mass is 16.4. The molecule has 5 nitrogen and oxygen atoms in total. The lowest BCUT2D eigenvalue weighted by Gasteiger charge is -2.04. The summed E-state index contributed by atoms with van der Waals surface area (Å²) in [7, 11) is 0. The van der Waals surface area contributed by atoms with Crippen molar-refractivity contribution in [3.05, 3.63) is 41.7 Å². The Labute approximate surface area is 91.6 Å². The number of aryl methyl sites for hydroxylation is 1. The highest BCUT2D eigenvalue weighted by molar-refractivity contribution is 5.91. The molecule has 0 radical (unpaired) electrons. The van der Waals surface area contributed by atoms with Gasteiger partial charge in [0, 0.05) is 6.20 Å². The lowest BCUT2D eigenvalue weighted by Crippen LogP contribution is -2.00. The zero-order valence-electron chi connectivity index (χ0n) is 8.58. The van der Waals surface area contributed by atoms with E-state index in [9.17, 15) is 9.90 Å². The van der Waals surface area contributed by atoms with Crippen LogP contribution in [0.4, 0.5) is 0 Å². The summed E-state index contributed by atoms with van der Waals surface area (Å²) in [6, 6.07) is 4.33. The Morgan fingerprint density at radius 1 is 1.44 bits per heavy atom. The van der Waals surface area contributed by atoms with Gasteiger partial charge in [-0.15, -0.1) is 0 Å². The smallest absolute Gasteiger partial charge is 0.339 e. The van der Waals surface area contributed by atoms with Crippen LogP contribution in [0.3, 0.4) is 0 Å². The fourth-order valence-electron chi connectivity index (χ4n) is 1.39. The first kappa shape index (κ1) is 10.2. The summed E-state index contributed by atoms with van der Waals surface area (Å²) in [5, 5.41) is 22.3. The minimum atomic E-state index is -1.16. The van der Waals surface area contributed by atoms with Crippen molar-refractivity contribution in [2.24, 2.45) is 0 Å². The zero-order chi connectivity index (χ0) is 11.7. The van der Waals surface area contributed by atoms with Gasteiger partial charge in [-0.25, -0.2) is 9.48 Å². The molecule has 0 aliphatic carbocycles. The fraction of sp³-hybridized carbons (Fsp3) is 0.0909. The minimum Gasteiger partial charge on any atom is -0.507 e. The number of carboxylic acids is 1. The largest absolute Gasteiger partial charge is 0.507 e. The van der Waals surface area contributed by atoms with Gasteiger partial charge < -0.3 is 10.2 Å². The third-order valence-corrected chi connectivity index (χ3v) is 2.19. The van der Waals surface area contributed by atoms with Crippen molar-refractivity contribution in [1.82, 2.24) is 9.78 Å². The molecule has 0 aliphatic rings. The molecule has 0 bridgehead atoms. The summed E-state index contributed by atoms with van der Waals surface area (Å²) < 4.78 is 1.56. The predicted octanol–water partition coefficient (Wildman–Crippen LogP) is 1.58. The molecule has 0 amide bonds. The molecule has 2 rings (SSSR count). The molecule has 0 unspecified atom stereocenters.